The number of fused-ring (bicyclic) bond motifs is 1. The first-order valence-electron chi connectivity index (χ1n) is 9.84. The Labute approximate surface area is 185 Å². The van der Waals surface area contributed by atoms with Crippen molar-refractivity contribution in [3.8, 4) is 17.1 Å². The van der Waals surface area contributed by atoms with Gasteiger partial charge in [0.2, 0.25) is 0 Å². The number of anilines is 1. The number of aryl methyl sites for hydroxylation is 1. The smallest absolute Gasteiger partial charge is 0.406 e. The third kappa shape index (κ3) is 5.07. The van der Waals surface area contributed by atoms with Gasteiger partial charge in [0.1, 0.15) is 23.2 Å². The van der Waals surface area contributed by atoms with Crippen molar-refractivity contribution in [3.63, 3.8) is 0 Å². The Morgan fingerprint density at radius 3 is 2.39 bits per heavy atom. The van der Waals surface area contributed by atoms with E-state index in [0.29, 0.717) is 24.9 Å². The molecule has 0 radical (unpaired) electrons. The molecule has 7 nitrogen and oxygen atoms in total. The topological polar surface area (TPSA) is 86.1 Å². The minimum absolute atomic E-state index is 0.135. The summed E-state index contributed by atoms with van der Waals surface area (Å²) < 4.78 is 98.6. The summed E-state index contributed by atoms with van der Waals surface area (Å²) in [4.78, 5) is -0.446. The Hall–Kier alpha value is -3.22. The molecular weight excluding hydrogens is 471 g/mol. The summed E-state index contributed by atoms with van der Waals surface area (Å²) in [5.74, 6) is -1.92. The lowest BCUT2D eigenvalue weighted by Gasteiger charge is -2.13. The van der Waals surface area contributed by atoms with Gasteiger partial charge in [0, 0.05) is 19.0 Å². The summed E-state index contributed by atoms with van der Waals surface area (Å²) in [6.45, 7) is 0.544. The summed E-state index contributed by atoms with van der Waals surface area (Å²) in [5, 5.41) is 8.07. The SMILES string of the molecule is O=S(=O)(Nc1cc(-c2nnc3n2CCCCC3)c(F)cc1F)c1ccc(OC(F)(F)F)cc1. The highest BCUT2D eigenvalue weighted by molar-refractivity contribution is 7.92. The Kier molecular flexibility index (Phi) is 5.99. The van der Waals surface area contributed by atoms with Crippen LogP contribution < -0.4 is 9.46 Å². The van der Waals surface area contributed by atoms with Crippen molar-refractivity contribution in [3.05, 3.63) is 53.9 Å². The van der Waals surface area contributed by atoms with E-state index in [9.17, 15) is 30.4 Å². The van der Waals surface area contributed by atoms with Crippen molar-refractivity contribution in [2.24, 2.45) is 0 Å². The summed E-state index contributed by atoms with van der Waals surface area (Å²) in [5.41, 5.74) is -0.684. The number of halogens is 5. The fourth-order valence-electron chi connectivity index (χ4n) is 3.51. The monoisotopic (exact) mass is 488 g/mol. The molecule has 176 valence electrons. The van der Waals surface area contributed by atoms with E-state index in [1.54, 1.807) is 4.57 Å². The summed E-state index contributed by atoms with van der Waals surface area (Å²) >= 11 is 0. The van der Waals surface area contributed by atoms with Crippen molar-refractivity contribution in [2.45, 2.75) is 43.5 Å². The van der Waals surface area contributed by atoms with Crippen LogP contribution in [0, 0.1) is 11.6 Å². The van der Waals surface area contributed by atoms with Gasteiger partial charge in [-0.15, -0.1) is 23.4 Å². The fourth-order valence-corrected chi connectivity index (χ4v) is 4.57. The highest BCUT2D eigenvalue weighted by atomic mass is 32.2. The van der Waals surface area contributed by atoms with Gasteiger partial charge in [-0.2, -0.15) is 0 Å². The van der Waals surface area contributed by atoms with Gasteiger partial charge >= 0.3 is 6.36 Å². The van der Waals surface area contributed by atoms with Crippen molar-refractivity contribution in [1.29, 1.82) is 0 Å². The number of hydrogen-bond acceptors (Lipinski definition) is 5. The highest BCUT2D eigenvalue weighted by Gasteiger charge is 2.31. The molecule has 0 aliphatic carbocycles. The number of rotatable bonds is 5. The number of ether oxygens (including phenoxy) is 1. The highest BCUT2D eigenvalue weighted by Crippen LogP contribution is 2.31. The lowest BCUT2D eigenvalue weighted by Crippen LogP contribution is -2.17. The first-order valence-corrected chi connectivity index (χ1v) is 11.3. The standard InChI is InChI=1S/C20H17F5N4O3S/c21-15-11-16(22)17(10-14(15)19-27-26-18-4-2-1-3-9-29(18)19)28-33(30,31)13-7-5-12(6-8-13)32-20(23,24)25/h5-8,10-11,28H,1-4,9H2. The first-order chi connectivity index (χ1) is 15.5. The maximum Gasteiger partial charge on any atom is 0.573 e. The molecule has 0 spiro atoms. The average Bonchev–Trinajstić information content (AvgIpc) is 2.96. The molecule has 0 bridgehead atoms. The molecule has 4 rings (SSSR count). The van der Waals surface area contributed by atoms with E-state index in [4.69, 9.17) is 0 Å². The number of sulfonamides is 1. The molecule has 1 N–H and O–H groups in total. The van der Waals surface area contributed by atoms with Crippen LogP contribution in [0.2, 0.25) is 0 Å². The van der Waals surface area contributed by atoms with E-state index >= 15 is 0 Å². The molecule has 3 aromatic rings. The molecule has 0 atom stereocenters. The molecule has 0 amide bonds. The number of nitrogens with one attached hydrogen (secondary N) is 1. The minimum atomic E-state index is -4.94. The largest absolute Gasteiger partial charge is 0.573 e. The van der Waals surface area contributed by atoms with E-state index < -0.39 is 44.4 Å². The van der Waals surface area contributed by atoms with Crippen LogP contribution in [0.1, 0.15) is 25.1 Å². The number of benzene rings is 2. The van der Waals surface area contributed by atoms with E-state index in [1.165, 1.54) is 0 Å². The average molecular weight is 488 g/mol. The van der Waals surface area contributed by atoms with Crippen molar-refractivity contribution < 1.29 is 35.1 Å². The zero-order valence-corrected chi connectivity index (χ0v) is 17.7. The Morgan fingerprint density at radius 2 is 1.70 bits per heavy atom. The fraction of sp³-hybridized carbons (Fsp3) is 0.300. The maximum atomic E-state index is 14.6. The maximum absolute atomic E-state index is 14.6. The van der Waals surface area contributed by atoms with Gasteiger partial charge < -0.3 is 9.30 Å². The summed E-state index contributed by atoms with van der Waals surface area (Å²) in [6.07, 6.45) is -1.58. The third-order valence-electron chi connectivity index (χ3n) is 5.02. The zero-order chi connectivity index (χ0) is 23.8. The first kappa shape index (κ1) is 23.0. The summed E-state index contributed by atoms with van der Waals surface area (Å²) in [6, 6.07) is 4.85. The van der Waals surface area contributed by atoms with E-state index in [1.807, 2.05) is 4.72 Å². The van der Waals surface area contributed by atoms with Crippen LogP contribution in [0.5, 0.6) is 5.75 Å². The Balaban J connectivity index is 1.64. The molecule has 0 fully saturated rings. The van der Waals surface area contributed by atoms with Gasteiger partial charge in [-0.1, -0.05) is 6.42 Å². The van der Waals surface area contributed by atoms with Crippen molar-refractivity contribution in [2.75, 3.05) is 4.72 Å². The molecule has 2 heterocycles. The molecule has 1 aliphatic rings. The molecular formula is C20H17F5N4O3S. The van der Waals surface area contributed by atoms with E-state index in [2.05, 4.69) is 14.9 Å². The lowest BCUT2D eigenvalue weighted by molar-refractivity contribution is -0.274. The van der Waals surface area contributed by atoms with Crippen molar-refractivity contribution >= 4 is 15.7 Å². The van der Waals surface area contributed by atoms with Gasteiger partial charge in [0.05, 0.1) is 16.1 Å². The second-order valence-corrected chi connectivity index (χ2v) is 9.02. The van der Waals surface area contributed by atoms with Crippen LogP contribution in [0.3, 0.4) is 0 Å². The van der Waals surface area contributed by atoms with Crippen LogP contribution >= 0.6 is 0 Å². The van der Waals surface area contributed by atoms with Gasteiger partial charge in [0.25, 0.3) is 10.0 Å². The second kappa shape index (κ2) is 8.61. The normalized spacial score (nSPS) is 14.5. The molecule has 0 saturated heterocycles. The van der Waals surface area contributed by atoms with Crippen LogP contribution in [0.25, 0.3) is 11.4 Å². The van der Waals surface area contributed by atoms with Gasteiger partial charge in [-0.3, -0.25) is 4.72 Å². The molecule has 0 unspecified atom stereocenters. The molecule has 1 aromatic heterocycles. The van der Waals surface area contributed by atoms with E-state index in [-0.39, 0.29) is 11.4 Å². The predicted molar refractivity (Wildman–Crippen MR) is 107 cm³/mol. The number of nitrogens with zero attached hydrogens (tertiary/aromatic N) is 3. The molecule has 0 saturated carbocycles. The van der Waals surface area contributed by atoms with Crippen LogP contribution in [0.4, 0.5) is 27.6 Å². The van der Waals surface area contributed by atoms with Crippen LogP contribution in [-0.4, -0.2) is 29.5 Å². The second-order valence-electron chi connectivity index (χ2n) is 7.34. The quantitative estimate of drug-likeness (QED) is 0.529. The Morgan fingerprint density at radius 1 is 0.970 bits per heavy atom. The number of hydrogen-bond donors (Lipinski definition) is 1. The molecule has 33 heavy (non-hydrogen) atoms. The lowest BCUT2D eigenvalue weighted by atomic mass is 10.1. The molecule has 1 aliphatic heterocycles. The van der Waals surface area contributed by atoms with Gasteiger partial charge in [-0.05, 0) is 43.2 Å². The third-order valence-corrected chi connectivity index (χ3v) is 6.40. The van der Waals surface area contributed by atoms with Crippen LogP contribution in [-0.2, 0) is 23.0 Å². The predicted octanol–water partition coefficient (Wildman–Crippen LogP) is 4.65. The van der Waals surface area contributed by atoms with Crippen molar-refractivity contribution in [1.82, 2.24) is 14.8 Å². The van der Waals surface area contributed by atoms with Gasteiger partial charge in [0.15, 0.2) is 5.82 Å². The number of aromatic nitrogens is 3. The minimum Gasteiger partial charge on any atom is -0.406 e. The number of alkyl halides is 3. The Bertz CT molecular complexity index is 1270. The summed E-state index contributed by atoms with van der Waals surface area (Å²) in [7, 11) is -4.41. The van der Waals surface area contributed by atoms with Crippen LogP contribution in [0.15, 0.2) is 41.3 Å². The molecule has 13 heteroatoms. The molecule has 2 aromatic carbocycles. The van der Waals surface area contributed by atoms with E-state index in [0.717, 1.165) is 49.6 Å². The zero-order valence-electron chi connectivity index (χ0n) is 16.9. The van der Waals surface area contributed by atoms with Gasteiger partial charge in [-0.25, -0.2) is 17.2 Å².